The van der Waals surface area contributed by atoms with Crippen LogP contribution in [0.25, 0.3) is 0 Å². The minimum Gasteiger partial charge on any atom is -0.459 e. The van der Waals surface area contributed by atoms with Gasteiger partial charge < -0.3 is 14.2 Å². The predicted molar refractivity (Wildman–Crippen MR) is 127 cm³/mol. The third-order valence-electron chi connectivity index (χ3n) is 5.82. The van der Waals surface area contributed by atoms with Crippen molar-refractivity contribution in [3.63, 3.8) is 0 Å². The number of nitrogens with one attached hydrogen (secondary N) is 1. The van der Waals surface area contributed by atoms with Crippen LogP contribution in [-0.4, -0.2) is 46.6 Å². The average Bonchev–Trinajstić information content (AvgIpc) is 3.25. The number of nitrogens with zero attached hydrogens (tertiary/aromatic N) is 1. The second kappa shape index (κ2) is 10.5. The molecule has 1 aliphatic heterocycles. The molecular weight excluding hydrogens is 468 g/mol. The number of carbonyl (C=O) groups is 3. The molecule has 10 nitrogen and oxygen atoms in total. The highest BCUT2D eigenvalue weighted by molar-refractivity contribution is 5.90. The van der Waals surface area contributed by atoms with E-state index in [1.165, 1.54) is 0 Å². The molecule has 36 heavy (non-hydrogen) atoms. The van der Waals surface area contributed by atoms with E-state index in [4.69, 9.17) is 14.2 Å². The summed E-state index contributed by atoms with van der Waals surface area (Å²) in [7, 11) is 0. The number of hydrogen-bond acceptors (Lipinski definition) is 8. The van der Waals surface area contributed by atoms with Crippen molar-refractivity contribution >= 4 is 18.2 Å². The van der Waals surface area contributed by atoms with Gasteiger partial charge in [0.1, 0.15) is 25.0 Å². The summed E-state index contributed by atoms with van der Waals surface area (Å²) in [5, 5.41) is 0. The standard InChI is InChI=1S/C26H24N2O8/c1-15-3-7-17(8-4-15)24(31)34-14-21-20(36-25(32)18-9-5-16(2)6-10-18)11-22(35-21)28-12-19(13-29)23(30)27-26(28)33/h3-10,12-13,20-22H,11,14H2,1-2H3,(H,27,30,33). The summed E-state index contributed by atoms with van der Waals surface area (Å²) in [6, 6.07) is 13.6. The number of aromatic nitrogens is 2. The molecule has 1 N–H and O–H groups in total. The van der Waals surface area contributed by atoms with Gasteiger partial charge in [0.25, 0.3) is 5.56 Å². The molecular formula is C26H24N2O8. The van der Waals surface area contributed by atoms with Crippen LogP contribution >= 0.6 is 0 Å². The number of aromatic amines is 1. The molecule has 3 aromatic rings. The molecule has 1 aliphatic rings. The molecule has 3 unspecified atom stereocenters. The molecule has 0 saturated carbocycles. The van der Waals surface area contributed by atoms with Gasteiger partial charge in [-0.25, -0.2) is 14.4 Å². The number of carbonyl (C=O) groups excluding carboxylic acids is 3. The van der Waals surface area contributed by atoms with Crippen LogP contribution in [0.1, 0.15) is 54.8 Å². The number of rotatable bonds is 7. The molecule has 0 spiro atoms. The highest BCUT2D eigenvalue weighted by Gasteiger charge is 2.40. The second-order valence-electron chi connectivity index (χ2n) is 8.51. The number of aldehydes is 1. The van der Waals surface area contributed by atoms with E-state index in [2.05, 4.69) is 4.98 Å². The summed E-state index contributed by atoms with van der Waals surface area (Å²) < 4.78 is 18.0. The first kappa shape index (κ1) is 24.8. The Morgan fingerprint density at radius 1 is 1.00 bits per heavy atom. The Labute approximate surface area is 205 Å². The number of ether oxygens (including phenoxy) is 3. The van der Waals surface area contributed by atoms with Gasteiger partial charge in [-0.3, -0.25) is 19.1 Å². The lowest BCUT2D eigenvalue weighted by Gasteiger charge is -2.19. The molecule has 1 saturated heterocycles. The first-order chi connectivity index (χ1) is 17.2. The summed E-state index contributed by atoms with van der Waals surface area (Å²) in [6.45, 7) is 3.52. The molecule has 0 amide bonds. The highest BCUT2D eigenvalue weighted by Crippen LogP contribution is 2.31. The minimum atomic E-state index is -0.980. The Balaban J connectivity index is 1.55. The van der Waals surface area contributed by atoms with Crippen molar-refractivity contribution in [2.24, 2.45) is 0 Å². The van der Waals surface area contributed by atoms with Gasteiger partial charge in [-0.2, -0.15) is 0 Å². The number of aryl methyl sites for hydroxylation is 2. The van der Waals surface area contributed by atoms with Gasteiger partial charge in [0.15, 0.2) is 6.29 Å². The number of esters is 2. The normalized spacial score (nSPS) is 19.0. The van der Waals surface area contributed by atoms with E-state index in [9.17, 15) is 24.0 Å². The molecule has 1 fully saturated rings. The van der Waals surface area contributed by atoms with Gasteiger partial charge in [-0.05, 0) is 38.1 Å². The number of benzene rings is 2. The van der Waals surface area contributed by atoms with Gasteiger partial charge in [0.05, 0.1) is 16.7 Å². The topological polar surface area (TPSA) is 134 Å². The Bertz CT molecular complexity index is 1390. The molecule has 2 heterocycles. The van der Waals surface area contributed by atoms with Crippen molar-refractivity contribution in [2.45, 2.75) is 38.7 Å². The van der Waals surface area contributed by atoms with E-state index in [0.717, 1.165) is 21.9 Å². The van der Waals surface area contributed by atoms with Gasteiger partial charge >= 0.3 is 17.6 Å². The van der Waals surface area contributed by atoms with Crippen molar-refractivity contribution in [3.05, 3.63) is 103 Å². The Kier molecular flexibility index (Phi) is 7.25. The van der Waals surface area contributed by atoms with Gasteiger partial charge in [-0.15, -0.1) is 0 Å². The maximum atomic E-state index is 12.8. The first-order valence-electron chi connectivity index (χ1n) is 11.2. The van der Waals surface area contributed by atoms with E-state index in [0.29, 0.717) is 17.4 Å². The predicted octanol–water partition coefficient (Wildman–Crippen LogP) is 2.34. The van der Waals surface area contributed by atoms with Crippen LogP contribution in [-0.2, 0) is 14.2 Å². The number of hydrogen-bond donors (Lipinski definition) is 1. The van der Waals surface area contributed by atoms with Crippen LogP contribution in [0.2, 0.25) is 0 Å². The van der Waals surface area contributed by atoms with E-state index in [1.54, 1.807) is 48.5 Å². The average molecular weight is 492 g/mol. The lowest BCUT2D eigenvalue weighted by Crippen LogP contribution is -2.34. The molecule has 10 heteroatoms. The number of H-pyrrole nitrogens is 1. The first-order valence-corrected chi connectivity index (χ1v) is 11.2. The summed E-state index contributed by atoms with van der Waals surface area (Å²) >= 11 is 0. The van der Waals surface area contributed by atoms with Gasteiger partial charge in [0.2, 0.25) is 0 Å². The van der Waals surface area contributed by atoms with E-state index < -0.39 is 41.6 Å². The molecule has 0 bridgehead atoms. The van der Waals surface area contributed by atoms with Gasteiger partial charge in [-0.1, -0.05) is 35.4 Å². The van der Waals surface area contributed by atoms with Crippen LogP contribution in [0.3, 0.4) is 0 Å². The zero-order chi connectivity index (χ0) is 25.8. The van der Waals surface area contributed by atoms with Crippen molar-refractivity contribution in [3.8, 4) is 0 Å². The molecule has 0 radical (unpaired) electrons. The van der Waals surface area contributed by atoms with Crippen LogP contribution in [0.15, 0.2) is 64.3 Å². The van der Waals surface area contributed by atoms with Crippen molar-refractivity contribution in [1.29, 1.82) is 0 Å². The monoisotopic (exact) mass is 492 g/mol. The summed E-state index contributed by atoms with van der Waals surface area (Å²) in [6.07, 6.45) is -1.34. The van der Waals surface area contributed by atoms with E-state index in [1.807, 2.05) is 13.8 Å². The fraction of sp³-hybridized carbons (Fsp3) is 0.269. The highest BCUT2D eigenvalue weighted by atomic mass is 16.6. The third kappa shape index (κ3) is 5.49. The second-order valence-corrected chi connectivity index (χ2v) is 8.51. The quantitative estimate of drug-likeness (QED) is 0.392. The largest absolute Gasteiger partial charge is 0.459 e. The fourth-order valence-electron chi connectivity index (χ4n) is 3.77. The Hall–Kier alpha value is -4.31. The molecule has 4 rings (SSSR count). The molecule has 0 aliphatic carbocycles. The van der Waals surface area contributed by atoms with Gasteiger partial charge in [0, 0.05) is 12.6 Å². The lowest BCUT2D eigenvalue weighted by molar-refractivity contribution is -0.0582. The SMILES string of the molecule is Cc1ccc(C(=O)OCC2OC(n3cc(C=O)c(=O)[nH]c3=O)CC2OC(=O)c2ccc(C)cc2)cc1. The van der Waals surface area contributed by atoms with E-state index in [-0.39, 0.29) is 18.6 Å². The smallest absolute Gasteiger partial charge is 0.338 e. The Morgan fingerprint density at radius 2 is 1.58 bits per heavy atom. The lowest BCUT2D eigenvalue weighted by atomic mass is 10.1. The van der Waals surface area contributed by atoms with Crippen molar-refractivity contribution < 1.29 is 28.6 Å². The molecule has 186 valence electrons. The third-order valence-corrected chi connectivity index (χ3v) is 5.82. The summed E-state index contributed by atoms with van der Waals surface area (Å²) in [5.41, 5.74) is 0.741. The fourth-order valence-corrected chi connectivity index (χ4v) is 3.77. The summed E-state index contributed by atoms with van der Waals surface area (Å²) in [4.78, 5) is 62.6. The van der Waals surface area contributed by atoms with Crippen molar-refractivity contribution in [2.75, 3.05) is 6.61 Å². The Morgan fingerprint density at radius 3 is 2.17 bits per heavy atom. The summed E-state index contributed by atoms with van der Waals surface area (Å²) in [5.74, 6) is -1.20. The van der Waals surface area contributed by atoms with E-state index >= 15 is 0 Å². The maximum absolute atomic E-state index is 12.8. The molecule has 3 atom stereocenters. The minimum absolute atomic E-state index is 0.0224. The molecule has 1 aromatic heterocycles. The zero-order valence-electron chi connectivity index (χ0n) is 19.6. The van der Waals surface area contributed by atoms with Crippen LogP contribution < -0.4 is 11.2 Å². The van der Waals surface area contributed by atoms with Crippen LogP contribution in [0.4, 0.5) is 0 Å². The maximum Gasteiger partial charge on any atom is 0.338 e. The molecule has 2 aromatic carbocycles. The zero-order valence-corrected chi connectivity index (χ0v) is 19.6. The van der Waals surface area contributed by atoms with Crippen molar-refractivity contribution in [1.82, 2.24) is 9.55 Å². The van der Waals surface area contributed by atoms with Crippen LogP contribution in [0, 0.1) is 13.8 Å². The van der Waals surface area contributed by atoms with Crippen LogP contribution in [0.5, 0.6) is 0 Å².